The van der Waals surface area contributed by atoms with E-state index in [2.05, 4.69) is 4.99 Å². The van der Waals surface area contributed by atoms with Crippen molar-refractivity contribution in [2.45, 2.75) is 12.6 Å². The number of allylic oxidation sites excluding steroid dienone is 1. The fourth-order valence-corrected chi connectivity index (χ4v) is 2.01. The zero-order valence-electron chi connectivity index (χ0n) is 11.7. The second-order valence-corrected chi connectivity index (χ2v) is 4.88. The molecule has 0 amide bonds. The van der Waals surface area contributed by atoms with E-state index in [0.29, 0.717) is 0 Å². The molecule has 0 aromatic heterocycles. The number of hydrogen-bond acceptors (Lipinski definition) is 7. The Kier molecular flexibility index (Phi) is 5.01. The predicted molar refractivity (Wildman–Crippen MR) is 79.2 cm³/mol. The number of ketones is 1. The molecule has 2 rings (SSSR count). The molecule has 0 saturated heterocycles. The number of nitro groups is 1. The minimum atomic E-state index is -2.23. The average molecular weight is 352 g/mol. The number of non-ortho nitro benzene ring substituents is 1. The third-order valence-corrected chi connectivity index (χ3v) is 3.19. The minimum Gasteiger partial charge on any atom is -0.426 e. The molecule has 0 fully saturated rings. The number of carbonyl (C=O) groups excluding carboxylic acids is 2. The van der Waals surface area contributed by atoms with Gasteiger partial charge in [0.15, 0.2) is 0 Å². The van der Waals surface area contributed by atoms with E-state index in [1.807, 2.05) is 0 Å². The molecule has 0 saturated carbocycles. The van der Waals surface area contributed by atoms with Crippen molar-refractivity contribution in [3.63, 3.8) is 0 Å². The fraction of sp³-hybridized carbons (Fsp3) is 0.143. The van der Waals surface area contributed by atoms with Gasteiger partial charge in [-0.2, -0.15) is 5.26 Å². The highest BCUT2D eigenvalue weighted by Crippen LogP contribution is 2.24. The molecule has 10 heteroatoms. The molecular formula is C14H7ClFN3O5. The van der Waals surface area contributed by atoms with Gasteiger partial charge in [0.1, 0.15) is 22.6 Å². The van der Waals surface area contributed by atoms with E-state index in [0.717, 1.165) is 12.1 Å². The summed E-state index contributed by atoms with van der Waals surface area (Å²) in [5.74, 6) is -2.05. The number of esters is 1. The van der Waals surface area contributed by atoms with Crippen LogP contribution in [0.5, 0.6) is 5.75 Å². The van der Waals surface area contributed by atoms with Crippen LogP contribution in [0, 0.1) is 21.4 Å². The van der Waals surface area contributed by atoms with Gasteiger partial charge in [0.05, 0.1) is 17.0 Å². The van der Waals surface area contributed by atoms with Crippen LogP contribution in [0.2, 0.25) is 0 Å². The van der Waals surface area contributed by atoms with Gasteiger partial charge in [-0.05, 0) is 12.1 Å². The van der Waals surface area contributed by atoms with E-state index in [4.69, 9.17) is 21.6 Å². The van der Waals surface area contributed by atoms with Crippen molar-refractivity contribution in [2.75, 3.05) is 0 Å². The Bertz CT molecular complexity index is 826. The fourth-order valence-electron chi connectivity index (χ4n) is 1.81. The molecule has 1 aromatic carbocycles. The lowest BCUT2D eigenvalue weighted by atomic mass is 10.0. The van der Waals surface area contributed by atoms with Crippen LogP contribution in [0.25, 0.3) is 0 Å². The first-order valence-corrected chi connectivity index (χ1v) is 6.72. The van der Waals surface area contributed by atoms with Gasteiger partial charge in [-0.15, -0.1) is 0 Å². The first-order valence-electron chi connectivity index (χ1n) is 6.34. The molecule has 1 aromatic rings. The van der Waals surface area contributed by atoms with Crippen LogP contribution < -0.4 is 4.74 Å². The number of Topliss-reactive ketones (excluding diaryl/α,β-unsaturated/α-hetero) is 1. The molecule has 0 radical (unpaired) electrons. The van der Waals surface area contributed by atoms with Crippen molar-refractivity contribution in [3.05, 3.63) is 45.6 Å². The molecule has 1 heterocycles. The predicted octanol–water partition coefficient (Wildman–Crippen LogP) is 2.23. The van der Waals surface area contributed by atoms with E-state index in [1.54, 1.807) is 0 Å². The van der Waals surface area contributed by atoms with E-state index < -0.39 is 40.0 Å². The van der Waals surface area contributed by atoms with Gasteiger partial charge in [0.2, 0.25) is 12.0 Å². The highest BCUT2D eigenvalue weighted by Gasteiger charge is 2.33. The molecule has 0 N–H and O–H groups in total. The van der Waals surface area contributed by atoms with E-state index in [9.17, 15) is 24.1 Å². The molecule has 8 nitrogen and oxygen atoms in total. The largest absolute Gasteiger partial charge is 0.426 e. The van der Waals surface area contributed by atoms with Gasteiger partial charge in [0, 0.05) is 12.1 Å². The highest BCUT2D eigenvalue weighted by atomic mass is 35.5. The summed E-state index contributed by atoms with van der Waals surface area (Å²) in [4.78, 5) is 36.9. The summed E-state index contributed by atoms with van der Waals surface area (Å²) in [6.07, 6.45) is -2.81. The molecule has 0 spiro atoms. The van der Waals surface area contributed by atoms with Crippen LogP contribution in [-0.2, 0) is 9.59 Å². The topological polar surface area (TPSA) is 123 Å². The first-order chi connectivity index (χ1) is 11.3. The third kappa shape index (κ3) is 3.61. The van der Waals surface area contributed by atoms with Crippen molar-refractivity contribution in [3.8, 4) is 11.8 Å². The number of nitrogens with zero attached hydrogens (tertiary/aromatic N) is 3. The van der Waals surface area contributed by atoms with E-state index in [1.165, 1.54) is 18.2 Å². The number of ether oxygens (including phenoxy) is 1. The smallest absolute Gasteiger partial charge is 0.317 e. The Morgan fingerprint density at radius 1 is 1.46 bits per heavy atom. The molecule has 122 valence electrons. The number of nitriles is 1. The summed E-state index contributed by atoms with van der Waals surface area (Å²) < 4.78 is 18.3. The zero-order chi connectivity index (χ0) is 17.9. The number of hydrogen-bond donors (Lipinski definition) is 0. The Hall–Kier alpha value is -3.12. The van der Waals surface area contributed by atoms with Crippen LogP contribution in [0.15, 0.2) is 40.5 Å². The maximum absolute atomic E-state index is 13.4. The molecule has 1 unspecified atom stereocenters. The lowest BCUT2D eigenvalue weighted by molar-refractivity contribution is -0.384. The second kappa shape index (κ2) is 6.97. The Morgan fingerprint density at radius 3 is 2.62 bits per heavy atom. The average Bonchev–Trinajstić information content (AvgIpc) is 2.53. The van der Waals surface area contributed by atoms with Crippen LogP contribution in [0.1, 0.15) is 6.42 Å². The number of rotatable bonds is 4. The van der Waals surface area contributed by atoms with E-state index in [-0.39, 0.29) is 17.1 Å². The molecule has 0 aliphatic carbocycles. The quantitative estimate of drug-likeness (QED) is 0.354. The summed E-state index contributed by atoms with van der Waals surface area (Å²) >= 11 is 5.46. The molecule has 0 bridgehead atoms. The zero-order valence-corrected chi connectivity index (χ0v) is 12.5. The lowest BCUT2D eigenvalue weighted by Crippen LogP contribution is -2.28. The van der Waals surface area contributed by atoms with Crippen LogP contribution >= 0.6 is 11.6 Å². The lowest BCUT2D eigenvalue weighted by Gasteiger charge is -2.13. The Morgan fingerprint density at radius 2 is 2.08 bits per heavy atom. The maximum atomic E-state index is 13.4. The summed E-state index contributed by atoms with van der Waals surface area (Å²) in [5, 5.41) is 18.8. The van der Waals surface area contributed by atoms with Gasteiger partial charge in [-0.3, -0.25) is 19.7 Å². The molecule has 24 heavy (non-hydrogen) atoms. The van der Waals surface area contributed by atoms with Gasteiger partial charge < -0.3 is 4.74 Å². The third-order valence-electron chi connectivity index (χ3n) is 2.92. The van der Waals surface area contributed by atoms with Crippen molar-refractivity contribution in [1.82, 2.24) is 0 Å². The van der Waals surface area contributed by atoms with Crippen molar-refractivity contribution in [2.24, 2.45) is 4.99 Å². The number of carbonyl (C=O) groups is 2. The molecular weight excluding hydrogens is 345 g/mol. The van der Waals surface area contributed by atoms with Crippen LogP contribution in [0.3, 0.4) is 0 Å². The number of aliphatic imine (C=N–C) groups is 1. The van der Waals surface area contributed by atoms with Crippen LogP contribution in [0.4, 0.5) is 10.1 Å². The number of halogens is 2. The standard InChI is InChI=1S/C14H7ClFN3O5/c15-14-12(16)13(21)9(6-17)10(18-14)5-11(20)24-8-3-1-7(2-4-8)19(22)23/h1-4,12H,5H2. The number of nitro benzene ring substituents is 1. The first kappa shape index (κ1) is 17.2. The maximum Gasteiger partial charge on any atom is 0.317 e. The minimum absolute atomic E-state index is 0.0188. The van der Waals surface area contributed by atoms with Gasteiger partial charge >= 0.3 is 5.97 Å². The van der Waals surface area contributed by atoms with Crippen molar-refractivity contribution < 1.29 is 23.6 Å². The SMILES string of the molecule is N#CC1=C(CC(=O)Oc2ccc([N+](=O)[O-])cc2)N=C(Cl)C(F)C1=O. The highest BCUT2D eigenvalue weighted by molar-refractivity contribution is 6.69. The molecule has 1 atom stereocenters. The Labute approximate surface area is 139 Å². The van der Waals surface area contributed by atoms with Gasteiger partial charge in [0.25, 0.3) is 5.69 Å². The molecule has 1 aliphatic heterocycles. The summed E-state index contributed by atoms with van der Waals surface area (Å²) in [5.41, 5.74) is -1.09. The van der Waals surface area contributed by atoms with Crippen LogP contribution in [-0.4, -0.2) is 28.0 Å². The number of benzene rings is 1. The van der Waals surface area contributed by atoms with Gasteiger partial charge in [-0.1, -0.05) is 11.6 Å². The monoisotopic (exact) mass is 351 g/mol. The number of alkyl halides is 1. The summed E-state index contributed by atoms with van der Waals surface area (Å²) in [6, 6.07) is 6.16. The summed E-state index contributed by atoms with van der Waals surface area (Å²) in [6.45, 7) is 0. The second-order valence-electron chi connectivity index (χ2n) is 4.50. The van der Waals surface area contributed by atoms with Gasteiger partial charge in [-0.25, -0.2) is 9.38 Å². The normalized spacial score (nSPS) is 17.1. The van der Waals surface area contributed by atoms with Crippen molar-refractivity contribution in [1.29, 1.82) is 5.26 Å². The molecule has 1 aliphatic rings. The van der Waals surface area contributed by atoms with E-state index >= 15 is 0 Å². The van der Waals surface area contributed by atoms with Crippen molar-refractivity contribution >= 4 is 34.2 Å². The Balaban J connectivity index is 2.14. The summed E-state index contributed by atoms with van der Waals surface area (Å²) in [7, 11) is 0.